The number of nitrogens with zero attached hydrogens (tertiary/aromatic N) is 3. The number of rotatable bonds is 5. The highest BCUT2D eigenvalue weighted by Gasteiger charge is 2.06. The molecule has 3 aromatic rings. The first-order valence-electron chi connectivity index (χ1n) is 6.97. The standard InChI is InChI=1S/C16H20N4/c1-17-11-15-5-3-4-14-7-9-20(16(14)15)8-6-13-10-18-19(2)12-13/h3-5,7,9-10,12,17H,6,8,11H2,1-2H3. The Morgan fingerprint density at radius 1 is 1.25 bits per heavy atom. The lowest BCUT2D eigenvalue weighted by atomic mass is 10.1. The number of aryl methyl sites for hydroxylation is 3. The Morgan fingerprint density at radius 2 is 2.15 bits per heavy atom. The van der Waals surface area contributed by atoms with Crippen LogP contribution in [-0.2, 0) is 26.6 Å². The monoisotopic (exact) mass is 268 g/mol. The molecule has 2 aromatic heterocycles. The molecule has 0 spiro atoms. The molecule has 0 amide bonds. The van der Waals surface area contributed by atoms with E-state index in [1.807, 2.05) is 25.0 Å². The summed E-state index contributed by atoms with van der Waals surface area (Å²) in [5.74, 6) is 0. The van der Waals surface area contributed by atoms with Crippen LogP contribution in [0.5, 0.6) is 0 Å². The van der Waals surface area contributed by atoms with Gasteiger partial charge < -0.3 is 9.88 Å². The fraction of sp³-hybridized carbons (Fsp3) is 0.312. The number of nitrogens with one attached hydrogen (secondary N) is 1. The molecule has 4 nitrogen and oxygen atoms in total. The minimum absolute atomic E-state index is 0.897. The second-order valence-corrected chi connectivity index (χ2v) is 5.17. The van der Waals surface area contributed by atoms with E-state index in [-0.39, 0.29) is 0 Å². The molecule has 1 aromatic carbocycles. The predicted molar refractivity (Wildman–Crippen MR) is 81.6 cm³/mol. The van der Waals surface area contributed by atoms with E-state index in [4.69, 9.17) is 0 Å². The van der Waals surface area contributed by atoms with Gasteiger partial charge >= 0.3 is 0 Å². The van der Waals surface area contributed by atoms with E-state index >= 15 is 0 Å². The number of hydrogen-bond donors (Lipinski definition) is 1. The molecule has 2 heterocycles. The zero-order valence-electron chi connectivity index (χ0n) is 12.0. The average molecular weight is 268 g/mol. The number of para-hydroxylation sites is 1. The summed E-state index contributed by atoms with van der Waals surface area (Å²) < 4.78 is 4.20. The smallest absolute Gasteiger partial charge is 0.0525 e. The number of fused-ring (bicyclic) bond motifs is 1. The van der Waals surface area contributed by atoms with Crippen molar-refractivity contribution in [3.05, 3.63) is 54.0 Å². The first kappa shape index (κ1) is 12.9. The van der Waals surface area contributed by atoms with Crippen molar-refractivity contribution in [3.63, 3.8) is 0 Å². The lowest BCUT2D eigenvalue weighted by Gasteiger charge is -2.09. The van der Waals surface area contributed by atoms with Gasteiger partial charge in [-0.05, 0) is 36.0 Å². The van der Waals surface area contributed by atoms with Gasteiger partial charge in [0.1, 0.15) is 0 Å². The Hall–Kier alpha value is -2.07. The minimum Gasteiger partial charge on any atom is -0.347 e. The first-order chi connectivity index (χ1) is 9.78. The largest absolute Gasteiger partial charge is 0.347 e. The van der Waals surface area contributed by atoms with Crippen LogP contribution in [0, 0.1) is 0 Å². The molecule has 0 radical (unpaired) electrons. The third-order valence-corrected chi connectivity index (χ3v) is 3.64. The quantitative estimate of drug-likeness (QED) is 0.771. The molecule has 3 rings (SSSR count). The molecule has 0 aliphatic carbocycles. The fourth-order valence-corrected chi connectivity index (χ4v) is 2.71. The van der Waals surface area contributed by atoms with Crippen molar-refractivity contribution in [2.24, 2.45) is 7.05 Å². The topological polar surface area (TPSA) is 34.8 Å². The Kier molecular flexibility index (Phi) is 3.56. The SMILES string of the molecule is CNCc1cccc2ccn(CCc3cnn(C)c3)c12. The van der Waals surface area contributed by atoms with Crippen molar-refractivity contribution in [2.45, 2.75) is 19.5 Å². The second-order valence-electron chi connectivity index (χ2n) is 5.17. The zero-order valence-corrected chi connectivity index (χ0v) is 12.0. The third-order valence-electron chi connectivity index (χ3n) is 3.64. The van der Waals surface area contributed by atoms with E-state index in [1.165, 1.54) is 22.0 Å². The Bertz CT molecular complexity index is 708. The highest BCUT2D eigenvalue weighted by Crippen LogP contribution is 2.21. The summed E-state index contributed by atoms with van der Waals surface area (Å²) in [6.45, 7) is 1.88. The van der Waals surface area contributed by atoms with Crippen LogP contribution in [0.3, 0.4) is 0 Å². The third kappa shape index (κ3) is 2.47. The Labute approximate surface area is 119 Å². The molecule has 0 saturated heterocycles. The van der Waals surface area contributed by atoms with Crippen LogP contribution in [0.15, 0.2) is 42.9 Å². The Morgan fingerprint density at radius 3 is 2.90 bits per heavy atom. The molecule has 0 bridgehead atoms. The molecule has 0 atom stereocenters. The van der Waals surface area contributed by atoms with Crippen LogP contribution < -0.4 is 5.32 Å². The second kappa shape index (κ2) is 5.51. The van der Waals surface area contributed by atoms with E-state index in [2.05, 4.69) is 51.6 Å². The van der Waals surface area contributed by atoms with Crippen LogP contribution in [0.2, 0.25) is 0 Å². The zero-order chi connectivity index (χ0) is 13.9. The van der Waals surface area contributed by atoms with E-state index < -0.39 is 0 Å². The van der Waals surface area contributed by atoms with Gasteiger partial charge in [0, 0.05) is 32.5 Å². The molecule has 1 N–H and O–H groups in total. The van der Waals surface area contributed by atoms with Crippen molar-refractivity contribution in [1.82, 2.24) is 19.7 Å². The van der Waals surface area contributed by atoms with Gasteiger partial charge in [0.2, 0.25) is 0 Å². The molecule has 0 unspecified atom stereocenters. The van der Waals surface area contributed by atoms with Crippen LogP contribution in [-0.4, -0.2) is 21.4 Å². The molecule has 0 saturated carbocycles. The summed E-state index contributed by atoms with van der Waals surface area (Å²) in [5.41, 5.74) is 3.97. The fourth-order valence-electron chi connectivity index (χ4n) is 2.71. The van der Waals surface area contributed by atoms with E-state index in [9.17, 15) is 0 Å². The maximum Gasteiger partial charge on any atom is 0.0525 e. The Balaban J connectivity index is 1.87. The van der Waals surface area contributed by atoms with Crippen molar-refractivity contribution in [1.29, 1.82) is 0 Å². The van der Waals surface area contributed by atoms with Crippen LogP contribution in [0.1, 0.15) is 11.1 Å². The summed E-state index contributed by atoms with van der Waals surface area (Å²) in [7, 11) is 3.95. The maximum atomic E-state index is 4.22. The highest BCUT2D eigenvalue weighted by molar-refractivity contribution is 5.83. The van der Waals surface area contributed by atoms with Gasteiger partial charge in [-0.2, -0.15) is 5.10 Å². The van der Waals surface area contributed by atoms with Gasteiger partial charge in [-0.15, -0.1) is 0 Å². The molecule has 0 fully saturated rings. The normalized spacial score (nSPS) is 11.3. The lowest BCUT2D eigenvalue weighted by molar-refractivity contribution is 0.714. The van der Waals surface area contributed by atoms with E-state index in [1.54, 1.807) is 0 Å². The average Bonchev–Trinajstić information content (AvgIpc) is 3.04. The maximum absolute atomic E-state index is 4.22. The molecule has 0 aliphatic rings. The molecule has 4 heteroatoms. The van der Waals surface area contributed by atoms with Crippen LogP contribution in [0.4, 0.5) is 0 Å². The predicted octanol–water partition coefficient (Wildman–Crippen LogP) is 2.34. The van der Waals surface area contributed by atoms with Crippen LogP contribution >= 0.6 is 0 Å². The molecule has 0 aliphatic heterocycles. The molecular weight excluding hydrogens is 248 g/mol. The van der Waals surface area contributed by atoms with E-state index in [0.717, 1.165) is 19.5 Å². The van der Waals surface area contributed by atoms with Gasteiger partial charge in [-0.1, -0.05) is 18.2 Å². The van der Waals surface area contributed by atoms with Crippen molar-refractivity contribution in [3.8, 4) is 0 Å². The number of benzene rings is 1. The van der Waals surface area contributed by atoms with Gasteiger partial charge in [0.05, 0.1) is 11.7 Å². The van der Waals surface area contributed by atoms with Crippen molar-refractivity contribution >= 4 is 10.9 Å². The summed E-state index contributed by atoms with van der Waals surface area (Å²) in [6.07, 6.45) is 7.21. The van der Waals surface area contributed by atoms with Gasteiger partial charge in [-0.25, -0.2) is 0 Å². The molecular formula is C16H20N4. The molecule has 104 valence electrons. The van der Waals surface area contributed by atoms with Crippen LogP contribution in [0.25, 0.3) is 10.9 Å². The number of hydrogen-bond acceptors (Lipinski definition) is 2. The van der Waals surface area contributed by atoms with E-state index in [0.29, 0.717) is 0 Å². The molecule has 20 heavy (non-hydrogen) atoms. The van der Waals surface area contributed by atoms with Gasteiger partial charge in [-0.3, -0.25) is 4.68 Å². The summed E-state index contributed by atoms with van der Waals surface area (Å²) >= 11 is 0. The van der Waals surface area contributed by atoms with Crippen molar-refractivity contribution in [2.75, 3.05) is 7.05 Å². The minimum atomic E-state index is 0.897. The lowest BCUT2D eigenvalue weighted by Crippen LogP contribution is -2.08. The van der Waals surface area contributed by atoms with Crippen molar-refractivity contribution < 1.29 is 0 Å². The highest BCUT2D eigenvalue weighted by atomic mass is 15.2. The van der Waals surface area contributed by atoms with Gasteiger partial charge in [0.15, 0.2) is 0 Å². The first-order valence-corrected chi connectivity index (χ1v) is 6.97. The summed E-state index contributed by atoms with van der Waals surface area (Å²) in [4.78, 5) is 0. The summed E-state index contributed by atoms with van der Waals surface area (Å²) in [6, 6.07) is 8.69. The van der Waals surface area contributed by atoms with Gasteiger partial charge in [0.25, 0.3) is 0 Å². The number of aromatic nitrogens is 3. The summed E-state index contributed by atoms with van der Waals surface area (Å²) in [5, 5.41) is 8.78.